The van der Waals surface area contributed by atoms with Crippen LogP contribution in [-0.2, 0) is 23.1 Å². The van der Waals surface area contributed by atoms with Crippen molar-refractivity contribution in [3.8, 4) is 0 Å². The summed E-state index contributed by atoms with van der Waals surface area (Å²) < 4.78 is 38.7. The number of benzene rings is 2. The first kappa shape index (κ1) is 22.9. The molecule has 0 fully saturated rings. The van der Waals surface area contributed by atoms with Crippen molar-refractivity contribution in [3.05, 3.63) is 65.2 Å². The van der Waals surface area contributed by atoms with Gasteiger partial charge in [-0.25, -0.2) is 0 Å². The Bertz CT molecular complexity index is 836. The third-order valence-electron chi connectivity index (χ3n) is 4.28. The first-order chi connectivity index (χ1) is 13.5. The van der Waals surface area contributed by atoms with Gasteiger partial charge in [-0.05, 0) is 56.4 Å². The van der Waals surface area contributed by atoms with E-state index in [9.17, 15) is 23.1 Å². The second-order valence-electron chi connectivity index (χ2n) is 7.44. The second-order valence-corrected chi connectivity index (χ2v) is 7.44. The summed E-state index contributed by atoms with van der Waals surface area (Å²) in [6.45, 7) is 2.17. The predicted molar refractivity (Wildman–Crippen MR) is 106 cm³/mol. The monoisotopic (exact) mass is 409 g/mol. The maximum Gasteiger partial charge on any atom is 0.416 e. The van der Waals surface area contributed by atoms with Crippen molar-refractivity contribution in [3.63, 3.8) is 0 Å². The van der Waals surface area contributed by atoms with Crippen LogP contribution in [0, 0.1) is 0 Å². The van der Waals surface area contributed by atoms with Crippen LogP contribution in [0.3, 0.4) is 0 Å². The Kier molecular flexibility index (Phi) is 7.40. The van der Waals surface area contributed by atoms with E-state index in [1.54, 1.807) is 37.2 Å². The summed E-state index contributed by atoms with van der Waals surface area (Å²) in [5.74, 6) is -0.132. The molecule has 29 heavy (non-hydrogen) atoms. The number of nitrogens with zero attached hydrogens (tertiary/aromatic N) is 1. The van der Waals surface area contributed by atoms with Crippen LogP contribution in [0.5, 0.6) is 0 Å². The van der Waals surface area contributed by atoms with Crippen molar-refractivity contribution in [1.82, 2.24) is 10.2 Å². The van der Waals surface area contributed by atoms with Gasteiger partial charge in [0.25, 0.3) is 0 Å². The number of carbonyl (C=O) groups excluding carboxylic acids is 1. The first-order valence-corrected chi connectivity index (χ1v) is 9.12. The van der Waals surface area contributed by atoms with E-state index < -0.39 is 17.3 Å². The van der Waals surface area contributed by atoms with E-state index >= 15 is 0 Å². The fraction of sp³-hybridized carbons (Fsp3) is 0.381. The number of amides is 1. The highest BCUT2D eigenvalue weighted by atomic mass is 19.4. The van der Waals surface area contributed by atoms with Crippen molar-refractivity contribution in [2.75, 3.05) is 32.5 Å². The number of rotatable bonds is 8. The molecule has 0 radical (unpaired) electrons. The predicted octanol–water partition coefficient (Wildman–Crippen LogP) is 3.20. The summed E-state index contributed by atoms with van der Waals surface area (Å²) in [4.78, 5) is 13.6. The Labute approximate surface area is 168 Å². The average molecular weight is 409 g/mol. The summed E-state index contributed by atoms with van der Waals surface area (Å²) in [5.41, 5.74) is -0.562. The number of aliphatic hydroxyl groups is 1. The van der Waals surface area contributed by atoms with E-state index in [4.69, 9.17) is 0 Å². The SMILES string of the molecule is CN(C)CC(=O)Nc1cccc(CNCC(C)(O)c2cccc(C(F)(F)F)c2)c1. The van der Waals surface area contributed by atoms with Gasteiger partial charge in [-0.15, -0.1) is 0 Å². The quantitative estimate of drug-likeness (QED) is 0.627. The lowest BCUT2D eigenvalue weighted by atomic mass is 9.94. The minimum atomic E-state index is -4.46. The third kappa shape index (κ3) is 7.16. The summed E-state index contributed by atoms with van der Waals surface area (Å²) >= 11 is 0. The molecule has 1 atom stereocenters. The van der Waals surface area contributed by atoms with Crippen LogP contribution in [0.25, 0.3) is 0 Å². The lowest BCUT2D eigenvalue weighted by molar-refractivity contribution is -0.137. The number of likely N-dealkylation sites (N-methyl/N-ethyl adjacent to an activating group) is 1. The van der Waals surface area contributed by atoms with Crippen molar-refractivity contribution in [2.45, 2.75) is 25.2 Å². The lowest BCUT2D eigenvalue weighted by Crippen LogP contribution is -2.35. The van der Waals surface area contributed by atoms with Gasteiger partial charge in [0.1, 0.15) is 0 Å². The van der Waals surface area contributed by atoms with Crippen LogP contribution in [-0.4, -0.2) is 43.1 Å². The van der Waals surface area contributed by atoms with Crippen LogP contribution in [0.1, 0.15) is 23.6 Å². The zero-order valence-corrected chi connectivity index (χ0v) is 16.7. The molecule has 5 nitrogen and oxygen atoms in total. The van der Waals surface area contributed by atoms with Gasteiger partial charge in [0, 0.05) is 18.8 Å². The van der Waals surface area contributed by atoms with Crippen LogP contribution in [0.2, 0.25) is 0 Å². The Morgan fingerprint density at radius 2 is 1.72 bits per heavy atom. The van der Waals surface area contributed by atoms with Gasteiger partial charge >= 0.3 is 6.18 Å². The molecule has 0 saturated heterocycles. The molecular formula is C21H26F3N3O2. The molecule has 1 unspecified atom stereocenters. The Balaban J connectivity index is 1.97. The molecule has 2 aromatic rings. The van der Waals surface area contributed by atoms with Crippen molar-refractivity contribution in [1.29, 1.82) is 0 Å². The van der Waals surface area contributed by atoms with Crippen molar-refractivity contribution >= 4 is 11.6 Å². The number of anilines is 1. The van der Waals surface area contributed by atoms with Gasteiger partial charge in [-0.2, -0.15) is 13.2 Å². The van der Waals surface area contributed by atoms with Gasteiger partial charge in [-0.3, -0.25) is 4.79 Å². The molecule has 0 spiro atoms. The van der Waals surface area contributed by atoms with Gasteiger partial charge in [0.2, 0.25) is 5.91 Å². The zero-order chi connectivity index (χ0) is 21.7. The normalized spacial score (nSPS) is 13.9. The van der Waals surface area contributed by atoms with E-state index in [1.165, 1.54) is 19.1 Å². The molecule has 0 aliphatic carbocycles. The van der Waals surface area contributed by atoms with E-state index in [0.29, 0.717) is 12.2 Å². The second kappa shape index (κ2) is 9.39. The average Bonchev–Trinajstić information content (AvgIpc) is 2.60. The highest BCUT2D eigenvalue weighted by Gasteiger charge is 2.32. The largest absolute Gasteiger partial charge is 0.416 e. The number of nitrogens with one attached hydrogen (secondary N) is 2. The highest BCUT2D eigenvalue weighted by Crippen LogP contribution is 2.32. The number of alkyl halides is 3. The van der Waals surface area contributed by atoms with E-state index in [2.05, 4.69) is 10.6 Å². The molecule has 1 amide bonds. The molecule has 8 heteroatoms. The maximum atomic E-state index is 12.9. The summed E-state index contributed by atoms with van der Waals surface area (Å²) in [5, 5.41) is 16.5. The van der Waals surface area contributed by atoms with Gasteiger partial charge in [-0.1, -0.05) is 24.3 Å². The Morgan fingerprint density at radius 1 is 1.07 bits per heavy atom. The standard InChI is InChI=1S/C21H26F3N3O2/c1-20(29,16-7-5-8-17(11-16)21(22,23)24)14-25-12-15-6-4-9-18(10-15)26-19(28)13-27(2)3/h4-11,25,29H,12-14H2,1-3H3,(H,26,28). The minimum absolute atomic E-state index is 0.0610. The van der Waals surface area contributed by atoms with Crippen molar-refractivity contribution < 1.29 is 23.1 Å². The lowest BCUT2D eigenvalue weighted by Gasteiger charge is -2.25. The molecular weight excluding hydrogens is 383 g/mol. The third-order valence-corrected chi connectivity index (χ3v) is 4.28. The first-order valence-electron chi connectivity index (χ1n) is 9.12. The molecule has 0 bridgehead atoms. The molecule has 0 saturated carbocycles. The summed E-state index contributed by atoms with van der Waals surface area (Å²) in [7, 11) is 3.60. The molecule has 2 rings (SSSR count). The fourth-order valence-corrected chi connectivity index (χ4v) is 2.83. The van der Waals surface area contributed by atoms with Crippen LogP contribution < -0.4 is 10.6 Å². The Morgan fingerprint density at radius 3 is 2.38 bits per heavy atom. The van der Waals surface area contributed by atoms with Gasteiger partial charge in [0.15, 0.2) is 0 Å². The molecule has 0 heterocycles. The summed E-state index contributed by atoms with van der Waals surface area (Å²) in [6.07, 6.45) is -4.46. The fourth-order valence-electron chi connectivity index (χ4n) is 2.83. The van der Waals surface area contributed by atoms with Crippen LogP contribution >= 0.6 is 0 Å². The van der Waals surface area contributed by atoms with E-state index in [-0.39, 0.29) is 24.6 Å². The zero-order valence-electron chi connectivity index (χ0n) is 16.7. The van der Waals surface area contributed by atoms with Crippen LogP contribution in [0.4, 0.5) is 18.9 Å². The number of halogens is 3. The number of hydrogen-bond acceptors (Lipinski definition) is 4. The molecule has 0 aromatic heterocycles. The smallest absolute Gasteiger partial charge is 0.384 e. The number of hydrogen-bond donors (Lipinski definition) is 3. The van der Waals surface area contributed by atoms with E-state index in [1.807, 2.05) is 6.07 Å². The van der Waals surface area contributed by atoms with Crippen LogP contribution in [0.15, 0.2) is 48.5 Å². The highest BCUT2D eigenvalue weighted by molar-refractivity contribution is 5.92. The molecule has 158 valence electrons. The molecule has 0 aliphatic heterocycles. The Hall–Kier alpha value is -2.42. The maximum absolute atomic E-state index is 12.9. The van der Waals surface area contributed by atoms with Gasteiger partial charge in [0.05, 0.1) is 17.7 Å². The minimum Gasteiger partial charge on any atom is -0.384 e. The number of carbonyl (C=O) groups is 1. The van der Waals surface area contributed by atoms with E-state index in [0.717, 1.165) is 17.7 Å². The molecule has 3 N–H and O–H groups in total. The van der Waals surface area contributed by atoms with Gasteiger partial charge < -0.3 is 20.6 Å². The summed E-state index contributed by atoms with van der Waals surface area (Å²) in [6, 6.07) is 11.9. The van der Waals surface area contributed by atoms with Crippen molar-refractivity contribution in [2.24, 2.45) is 0 Å². The topological polar surface area (TPSA) is 64.6 Å². The molecule has 0 aliphatic rings. The molecule has 2 aromatic carbocycles.